The van der Waals surface area contributed by atoms with Crippen LogP contribution >= 0.6 is 27.3 Å². The third-order valence-corrected chi connectivity index (χ3v) is 7.55. The van der Waals surface area contributed by atoms with Crippen LogP contribution in [-0.4, -0.2) is 23.4 Å². The Morgan fingerprint density at radius 2 is 1.42 bits per heavy atom. The zero-order valence-electron chi connectivity index (χ0n) is 17.6. The summed E-state index contributed by atoms with van der Waals surface area (Å²) in [6.45, 7) is 0.951. The number of thiophene rings is 1. The minimum absolute atomic E-state index is 0.00103. The van der Waals surface area contributed by atoms with Crippen LogP contribution in [0.2, 0.25) is 0 Å². The van der Waals surface area contributed by atoms with Crippen molar-refractivity contribution in [2.75, 3.05) is 13.4 Å². The van der Waals surface area contributed by atoms with Crippen LogP contribution in [0.25, 0.3) is 44.0 Å². The molecule has 6 heteroatoms. The first kappa shape index (κ1) is 20.7. The molecule has 162 valence electrons. The van der Waals surface area contributed by atoms with Crippen LogP contribution in [0.5, 0.6) is 0 Å². The maximum atomic E-state index is 5.69. The molecule has 1 aliphatic heterocycles. The molecule has 1 unspecified atom stereocenters. The van der Waals surface area contributed by atoms with Crippen molar-refractivity contribution in [3.8, 4) is 33.0 Å². The molecule has 5 aromatic rings. The van der Waals surface area contributed by atoms with E-state index in [0.717, 1.165) is 53.3 Å². The van der Waals surface area contributed by atoms with E-state index in [4.69, 9.17) is 19.4 Å². The maximum absolute atomic E-state index is 5.69. The fourth-order valence-electron chi connectivity index (χ4n) is 4.07. The molecule has 0 bridgehead atoms. The molecular weight excluding hydrogens is 496 g/mol. The Bertz CT molecular complexity index is 1430. The van der Waals surface area contributed by atoms with Gasteiger partial charge in [-0.25, -0.2) is 9.97 Å². The standard InChI is InChI=1S/C27H19BrN2O2S/c28-20-12-11-19(22-13-14-23(33-22)21-15-31-16-32-21)26-27(20)30-25(18-9-5-2-6-10-18)24(29-26)17-7-3-1-4-8-17/h1-14,21H,15-16H2. The Kier molecular flexibility index (Phi) is 5.52. The van der Waals surface area contributed by atoms with Crippen molar-refractivity contribution in [3.63, 3.8) is 0 Å². The van der Waals surface area contributed by atoms with Gasteiger partial charge in [0.05, 0.1) is 23.5 Å². The van der Waals surface area contributed by atoms with Gasteiger partial charge in [-0.2, -0.15) is 0 Å². The summed E-state index contributed by atoms with van der Waals surface area (Å²) in [4.78, 5) is 12.7. The SMILES string of the molecule is Brc1ccc(-c2ccc(C3COCO3)s2)c2nc(-c3ccccc3)c(-c3ccccc3)nc12. The van der Waals surface area contributed by atoms with Crippen LogP contribution < -0.4 is 0 Å². The number of rotatable bonds is 4. The fraction of sp³-hybridized carbons (Fsp3) is 0.111. The Hall–Kier alpha value is -2.90. The lowest BCUT2D eigenvalue weighted by atomic mass is 10.0. The van der Waals surface area contributed by atoms with Crippen molar-refractivity contribution in [3.05, 3.63) is 94.3 Å². The van der Waals surface area contributed by atoms with Crippen LogP contribution in [0, 0.1) is 0 Å². The maximum Gasteiger partial charge on any atom is 0.147 e. The van der Waals surface area contributed by atoms with Gasteiger partial charge in [-0.1, -0.05) is 66.7 Å². The van der Waals surface area contributed by atoms with Gasteiger partial charge in [0, 0.05) is 30.9 Å². The Balaban J connectivity index is 1.58. The van der Waals surface area contributed by atoms with Gasteiger partial charge in [-0.05, 0) is 34.1 Å². The highest BCUT2D eigenvalue weighted by Gasteiger charge is 2.22. The van der Waals surface area contributed by atoms with Crippen molar-refractivity contribution in [1.82, 2.24) is 9.97 Å². The number of hydrogen-bond donors (Lipinski definition) is 0. The highest BCUT2D eigenvalue weighted by molar-refractivity contribution is 9.10. The van der Waals surface area contributed by atoms with Crippen LogP contribution in [0.15, 0.2) is 89.4 Å². The monoisotopic (exact) mass is 514 g/mol. The fourth-order valence-corrected chi connectivity index (χ4v) is 5.54. The highest BCUT2D eigenvalue weighted by Crippen LogP contribution is 2.40. The molecule has 1 saturated heterocycles. The van der Waals surface area contributed by atoms with Crippen LogP contribution in [0.1, 0.15) is 11.0 Å². The number of fused-ring (bicyclic) bond motifs is 1. The Morgan fingerprint density at radius 3 is 2.06 bits per heavy atom. The number of halogens is 1. The van der Waals surface area contributed by atoms with Gasteiger partial charge in [0.2, 0.25) is 0 Å². The highest BCUT2D eigenvalue weighted by atomic mass is 79.9. The van der Waals surface area contributed by atoms with Gasteiger partial charge in [-0.15, -0.1) is 11.3 Å². The largest absolute Gasteiger partial charge is 0.352 e. The molecule has 0 N–H and O–H groups in total. The summed E-state index contributed by atoms with van der Waals surface area (Å²) in [7, 11) is 0. The van der Waals surface area contributed by atoms with Crippen molar-refractivity contribution < 1.29 is 9.47 Å². The summed E-state index contributed by atoms with van der Waals surface area (Å²) in [5, 5.41) is 0. The lowest BCUT2D eigenvalue weighted by Gasteiger charge is -2.13. The average Bonchev–Trinajstić information content (AvgIpc) is 3.57. The molecule has 1 aliphatic rings. The zero-order chi connectivity index (χ0) is 22.2. The second-order valence-electron chi connectivity index (χ2n) is 7.79. The number of aromatic nitrogens is 2. The molecule has 0 spiro atoms. The Morgan fingerprint density at radius 1 is 0.758 bits per heavy atom. The zero-order valence-corrected chi connectivity index (χ0v) is 20.0. The molecule has 0 aliphatic carbocycles. The minimum atomic E-state index is 0.00103. The molecule has 6 rings (SSSR count). The first-order valence-electron chi connectivity index (χ1n) is 10.7. The van der Waals surface area contributed by atoms with Crippen molar-refractivity contribution >= 4 is 38.3 Å². The lowest BCUT2D eigenvalue weighted by Crippen LogP contribution is -1.97. The molecule has 0 amide bonds. The average molecular weight is 515 g/mol. The summed E-state index contributed by atoms with van der Waals surface area (Å²) in [6.07, 6.45) is 0.00103. The molecule has 1 atom stereocenters. The smallest absolute Gasteiger partial charge is 0.147 e. The molecule has 4 nitrogen and oxygen atoms in total. The molecular formula is C27H19BrN2O2S. The predicted molar refractivity (Wildman–Crippen MR) is 136 cm³/mol. The van der Waals surface area contributed by atoms with Gasteiger partial charge in [0.25, 0.3) is 0 Å². The molecule has 33 heavy (non-hydrogen) atoms. The van der Waals surface area contributed by atoms with Crippen molar-refractivity contribution in [2.45, 2.75) is 6.10 Å². The Labute approximate surface area is 204 Å². The van der Waals surface area contributed by atoms with E-state index in [0.29, 0.717) is 13.4 Å². The third-order valence-electron chi connectivity index (χ3n) is 5.70. The predicted octanol–water partition coefficient (Wildman–Crippen LogP) is 7.50. The van der Waals surface area contributed by atoms with E-state index in [2.05, 4.69) is 64.5 Å². The van der Waals surface area contributed by atoms with Gasteiger partial charge < -0.3 is 9.47 Å². The van der Waals surface area contributed by atoms with Gasteiger partial charge in [0.1, 0.15) is 18.4 Å². The normalized spacial score (nSPS) is 15.8. The molecule has 3 aromatic carbocycles. The topological polar surface area (TPSA) is 44.2 Å². The second kappa shape index (κ2) is 8.80. The van der Waals surface area contributed by atoms with E-state index in [1.165, 1.54) is 0 Å². The van der Waals surface area contributed by atoms with E-state index >= 15 is 0 Å². The molecule has 3 heterocycles. The van der Waals surface area contributed by atoms with Crippen LogP contribution in [-0.2, 0) is 9.47 Å². The minimum Gasteiger partial charge on any atom is -0.352 e. The number of nitrogens with zero attached hydrogens (tertiary/aromatic N) is 2. The molecule has 1 fully saturated rings. The molecule has 0 saturated carbocycles. The van der Waals surface area contributed by atoms with Gasteiger partial charge in [0.15, 0.2) is 0 Å². The first-order chi connectivity index (χ1) is 16.3. The van der Waals surface area contributed by atoms with Crippen LogP contribution in [0.4, 0.5) is 0 Å². The summed E-state index contributed by atoms with van der Waals surface area (Å²) in [6, 6.07) is 28.9. The molecule has 2 aromatic heterocycles. The van der Waals surface area contributed by atoms with E-state index < -0.39 is 0 Å². The summed E-state index contributed by atoms with van der Waals surface area (Å²) >= 11 is 5.43. The third kappa shape index (κ3) is 3.89. The number of hydrogen-bond acceptors (Lipinski definition) is 5. The first-order valence-corrected chi connectivity index (χ1v) is 12.3. The summed E-state index contributed by atoms with van der Waals surface area (Å²) in [5.41, 5.74) is 6.61. The quantitative estimate of drug-likeness (QED) is 0.249. The number of benzene rings is 3. The molecule has 0 radical (unpaired) electrons. The summed E-state index contributed by atoms with van der Waals surface area (Å²) < 4.78 is 12.0. The van der Waals surface area contributed by atoms with E-state index in [1.54, 1.807) is 11.3 Å². The lowest BCUT2D eigenvalue weighted by molar-refractivity contribution is 0.0475. The van der Waals surface area contributed by atoms with Gasteiger partial charge >= 0.3 is 0 Å². The van der Waals surface area contributed by atoms with E-state index in [1.807, 2.05) is 36.4 Å². The van der Waals surface area contributed by atoms with Crippen LogP contribution in [0.3, 0.4) is 0 Å². The van der Waals surface area contributed by atoms with Crippen molar-refractivity contribution in [1.29, 1.82) is 0 Å². The number of ether oxygens (including phenoxy) is 2. The second-order valence-corrected chi connectivity index (χ2v) is 9.76. The van der Waals surface area contributed by atoms with Gasteiger partial charge in [-0.3, -0.25) is 0 Å². The van der Waals surface area contributed by atoms with E-state index in [-0.39, 0.29) is 6.10 Å². The van der Waals surface area contributed by atoms with E-state index in [9.17, 15) is 0 Å². The summed E-state index contributed by atoms with van der Waals surface area (Å²) in [5.74, 6) is 0. The van der Waals surface area contributed by atoms with Crippen molar-refractivity contribution in [2.24, 2.45) is 0 Å².